The van der Waals surface area contributed by atoms with Gasteiger partial charge in [-0.15, -0.1) is 0 Å². The summed E-state index contributed by atoms with van der Waals surface area (Å²) in [7, 11) is 0. The van der Waals surface area contributed by atoms with E-state index in [-0.39, 0.29) is 0 Å². The Morgan fingerprint density at radius 1 is 0.917 bits per heavy atom. The van der Waals surface area contributed by atoms with Crippen molar-refractivity contribution in [2.24, 2.45) is 40.4 Å². The fourth-order valence-corrected chi connectivity index (χ4v) is 8.48. The van der Waals surface area contributed by atoms with E-state index < -0.39 is 0 Å². The molecule has 1 saturated heterocycles. The monoisotopic (exact) mass is 328 g/mol. The molecule has 5 fully saturated rings. The van der Waals surface area contributed by atoms with Crippen LogP contribution in [0.15, 0.2) is 12.2 Å². The van der Waals surface area contributed by atoms with Crippen molar-refractivity contribution in [2.75, 3.05) is 6.61 Å². The predicted octanol–water partition coefficient (Wildman–Crippen LogP) is 5.99. The van der Waals surface area contributed by atoms with Crippen LogP contribution in [0.3, 0.4) is 0 Å². The Kier molecular flexibility index (Phi) is 3.25. The minimum Gasteiger partial charge on any atom is -0.370 e. The molecule has 0 amide bonds. The molecular formula is C23H36O. The minimum atomic E-state index is 0.346. The lowest BCUT2D eigenvalue weighted by molar-refractivity contribution is -0.118. The highest BCUT2D eigenvalue weighted by molar-refractivity contribution is 5.16. The number of hydrogen-bond acceptors (Lipinski definition) is 1. The standard InChI is InChI=1S/C23H36O/c1-15(2)18-7-8-19-17-6-5-16-13-23(14-24-23)12-11-21(16,3)20(17)9-10-22(18,19)4/h16-20H,1,5-14H2,2-4H3/t16-,17-,18+,19-,20-,21-,22+,23-/m0/s1. The molecule has 0 aromatic carbocycles. The molecule has 1 nitrogen and oxygen atoms in total. The summed E-state index contributed by atoms with van der Waals surface area (Å²) in [4.78, 5) is 0. The fraction of sp³-hybridized carbons (Fsp3) is 0.913. The van der Waals surface area contributed by atoms with Crippen LogP contribution in [-0.2, 0) is 4.74 Å². The average Bonchev–Trinajstić information content (AvgIpc) is 3.19. The van der Waals surface area contributed by atoms with Crippen molar-refractivity contribution in [1.82, 2.24) is 0 Å². The van der Waals surface area contributed by atoms with Gasteiger partial charge in [0.05, 0.1) is 12.2 Å². The van der Waals surface area contributed by atoms with Crippen LogP contribution < -0.4 is 0 Å². The largest absolute Gasteiger partial charge is 0.370 e. The molecule has 0 radical (unpaired) electrons. The second-order valence-corrected chi connectivity index (χ2v) is 10.9. The Balaban J connectivity index is 1.43. The summed E-state index contributed by atoms with van der Waals surface area (Å²) in [6.07, 6.45) is 13.0. The zero-order chi connectivity index (χ0) is 16.7. The summed E-state index contributed by atoms with van der Waals surface area (Å²) >= 11 is 0. The Morgan fingerprint density at radius 3 is 2.38 bits per heavy atom. The Bertz CT molecular complexity index is 560. The van der Waals surface area contributed by atoms with Crippen LogP contribution in [0.1, 0.15) is 78.6 Å². The molecule has 0 bridgehead atoms. The van der Waals surface area contributed by atoms with E-state index in [9.17, 15) is 0 Å². The zero-order valence-electron chi connectivity index (χ0n) is 16.1. The van der Waals surface area contributed by atoms with Crippen molar-refractivity contribution in [1.29, 1.82) is 0 Å². The van der Waals surface area contributed by atoms with Gasteiger partial charge < -0.3 is 4.74 Å². The van der Waals surface area contributed by atoms with Crippen LogP contribution in [0.5, 0.6) is 0 Å². The number of allylic oxidation sites excluding steroid dienone is 1. The van der Waals surface area contributed by atoms with Crippen LogP contribution in [0.25, 0.3) is 0 Å². The molecule has 5 aliphatic rings. The summed E-state index contributed by atoms with van der Waals surface area (Å²) in [6, 6.07) is 0. The summed E-state index contributed by atoms with van der Waals surface area (Å²) in [5, 5.41) is 0. The SMILES string of the molecule is C=C(C)[C@H]1CC[C@H]2[C@@H]3CC[C@H]4C[C@@]5(CC[C@]4(C)[C@H]3CC[C@]12C)CO5. The molecule has 1 aliphatic heterocycles. The van der Waals surface area contributed by atoms with Crippen LogP contribution in [0.4, 0.5) is 0 Å². The van der Waals surface area contributed by atoms with Crippen LogP contribution in [0, 0.1) is 40.4 Å². The van der Waals surface area contributed by atoms with Gasteiger partial charge in [-0.1, -0.05) is 26.0 Å². The summed E-state index contributed by atoms with van der Waals surface area (Å²) in [5.41, 5.74) is 2.98. The van der Waals surface area contributed by atoms with Crippen molar-refractivity contribution in [2.45, 2.75) is 84.2 Å². The third kappa shape index (κ3) is 1.97. The lowest BCUT2D eigenvalue weighted by Gasteiger charge is -2.61. The van der Waals surface area contributed by atoms with E-state index in [2.05, 4.69) is 27.4 Å². The summed E-state index contributed by atoms with van der Waals surface area (Å²) in [6.45, 7) is 13.0. The van der Waals surface area contributed by atoms with E-state index >= 15 is 0 Å². The van der Waals surface area contributed by atoms with Gasteiger partial charge in [-0.3, -0.25) is 0 Å². The van der Waals surface area contributed by atoms with Crippen molar-refractivity contribution in [3.8, 4) is 0 Å². The topological polar surface area (TPSA) is 12.5 Å². The number of rotatable bonds is 1. The van der Waals surface area contributed by atoms with Gasteiger partial charge >= 0.3 is 0 Å². The zero-order valence-corrected chi connectivity index (χ0v) is 16.1. The van der Waals surface area contributed by atoms with Crippen molar-refractivity contribution in [3.63, 3.8) is 0 Å². The van der Waals surface area contributed by atoms with Gasteiger partial charge in [0.25, 0.3) is 0 Å². The maximum atomic E-state index is 5.88. The van der Waals surface area contributed by atoms with Crippen molar-refractivity contribution < 1.29 is 4.74 Å². The molecule has 1 spiro atoms. The molecule has 24 heavy (non-hydrogen) atoms. The molecule has 0 aromatic heterocycles. The van der Waals surface area contributed by atoms with E-state index in [0.717, 1.165) is 36.2 Å². The Hall–Kier alpha value is -0.300. The lowest BCUT2D eigenvalue weighted by atomic mass is 9.44. The van der Waals surface area contributed by atoms with Gasteiger partial charge in [0.15, 0.2) is 0 Å². The Labute approximate surface area is 148 Å². The maximum Gasteiger partial charge on any atom is 0.0919 e. The van der Waals surface area contributed by atoms with Crippen LogP contribution in [0.2, 0.25) is 0 Å². The van der Waals surface area contributed by atoms with Gasteiger partial charge in [-0.2, -0.15) is 0 Å². The lowest BCUT2D eigenvalue weighted by Crippen LogP contribution is -2.54. The van der Waals surface area contributed by atoms with Crippen molar-refractivity contribution >= 4 is 0 Å². The third-order valence-electron chi connectivity index (χ3n) is 9.95. The smallest absolute Gasteiger partial charge is 0.0919 e. The molecule has 0 N–H and O–H groups in total. The fourth-order valence-electron chi connectivity index (χ4n) is 8.48. The molecule has 0 unspecified atom stereocenters. The average molecular weight is 329 g/mol. The molecule has 4 saturated carbocycles. The van der Waals surface area contributed by atoms with Gasteiger partial charge in [0.2, 0.25) is 0 Å². The van der Waals surface area contributed by atoms with Gasteiger partial charge in [-0.25, -0.2) is 0 Å². The maximum absolute atomic E-state index is 5.88. The van der Waals surface area contributed by atoms with E-state index in [1.165, 1.54) is 63.4 Å². The molecule has 8 atom stereocenters. The molecule has 134 valence electrons. The first-order valence-electron chi connectivity index (χ1n) is 10.7. The third-order valence-corrected chi connectivity index (χ3v) is 9.95. The predicted molar refractivity (Wildman–Crippen MR) is 98.7 cm³/mol. The number of fused-ring (bicyclic) bond motifs is 5. The van der Waals surface area contributed by atoms with E-state index in [1.54, 1.807) is 0 Å². The quantitative estimate of drug-likeness (QED) is 0.425. The van der Waals surface area contributed by atoms with Crippen molar-refractivity contribution in [3.05, 3.63) is 12.2 Å². The highest BCUT2D eigenvalue weighted by atomic mass is 16.6. The van der Waals surface area contributed by atoms with Gasteiger partial charge in [-0.05, 0) is 105 Å². The first-order chi connectivity index (χ1) is 11.4. The number of epoxide rings is 1. The highest BCUT2D eigenvalue weighted by Gasteiger charge is 2.63. The van der Waals surface area contributed by atoms with Gasteiger partial charge in [0, 0.05) is 0 Å². The summed E-state index contributed by atoms with van der Waals surface area (Å²) < 4.78 is 5.88. The second-order valence-electron chi connectivity index (χ2n) is 10.9. The normalized spacial score (nSPS) is 58.7. The Morgan fingerprint density at radius 2 is 1.67 bits per heavy atom. The van der Waals surface area contributed by atoms with Crippen LogP contribution in [-0.4, -0.2) is 12.2 Å². The molecular weight excluding hydrogens is 292 g/mol. The van der Waals surface area contributed by atoms with E-state index in [0.29, 0.717) is 16.4 Å². The summed E-state index contributed by atoms with van der Waals surface area (Å²) in [5.74, 6) is 4.71. The molecule has 4 aliphatic carbocycles. The second kappa shape index (κ2) is 4.90. The van der Waals surface area contributed by atoms with Crippen LogP contribution >= 0.6 is 0 Å². The number of ether oxygens (including phenoxy) is 1. The van der Waals surface area contributed by atoms with Gasteiger partial charge in [0.1, 0.15) is 0 Å². The number of hydrogen-bond donors (Lipinski definition) is 0. The molecule has 1 heteroatoms. The molecule has 1 heterocycles. The first-order valence-corrected chi connectivity index (χ1v) is 10.7. The van der Waals surface area contributed by atoms with E-state index in [4.69, 9.17) is 4.74 Å². The molecule has 5 rings (SSSR count). The minimum absolute atomic E-state index is 0.346. The molecule has 0 aromatic rings. The first kappa shape index (κ1) is 15.9. The van der Waals surface area contributed by atoms with E-state index in [1.807, 2.05) is 0 Å². The highest BCUT2D eigenvalue weighted by Crippen LogP contribution is 2.69.